The molecule has 1 aliphatic rings. The van der Waals surface area contributed by atoms with Crippen LogP contribution in [0.5, 0.6) is 5.75 Å². The lowest BCUT2D eigenvalue weighted by Crippen LogP contribution is -2.24. The summed E-state index contributed by atoms with van der Waals surface area (Å²) in [7, 11) is -3.91. The van der Waals surface area contributed by atoms with E-state index in [4.69, 9.17) is 4.74 Å². The van der Waals surface area contributed by atoms with E-state index in [1.165, 1.54) is 17.1 Å². The van der Waals surface area contributed by atoms with E-state index in [2.05, 4.69) is 0 Å². The van der Waals surface area contributed by atoms with Crippen molar-refractivity contribution in [2.45, 2.75) is 58.5 Å². The summed E-state index contributed by atoms with van der Waals surface area (Å²) in [5.41, 5.74) is 3.73. The van der Waals surface area contributed by atoms with E-state index in [1.54, 1.807) is 24.3 Å². The lowest BCUT2D eigenvalue weighted by Gasteiger charge is -2.19. The molecule has 0 aliphatic carbocycles. The minimum Gasteiger partial charge on any atom is -0.487 e. The number of aromatic nitrogens is 1. The Morgan fingerprint density at radius 1 is 1.07 bits per heavy atom. The van der Waals surface area contributed by atoms with Crippen LogP contribution in [-0.4, -0.2) is 23.8 Å². The molecule has 1 aromatic heterocycles. The average molecular weight is 412 g/mol. The number of Topliss-reactive ketones (excluding diaryl/α,β-unsaturated/α-hetero) is 1. The third-order valence-corrected chi connectivity index (χ3v) is 7.81. The number of carbonyl (C=O) groups excluding carboxylic acids is 1. The molecule has 0 amide bonds. The van der Waals surface area contributed by atoms with Crippen molar-refractivity contribution in [3.05, 3.63) is 58.3 Å². The Bertz CT molecular complexity index is 1300. The molecule has 0 atom stereocenters. The van der Waals surface area contributed by atoms with E-state index in [0.717, 1.165) is 22.4 Å². The molecule has 0 saturated heterocycles. The molecule has 2 aromatic carbocycles. The molecule has 0 unspecified atom stereocenters. The van der Waals surface area contributed by atoms with Crippen LogP contribution in [-0.2, 0) is 16.4 Å². The van der Waals surface area contributed by atoms with Crippen LogP contribution in [0.3, 0.4) is 0 Å². The van der Waals surface area contributed by atoms with Gasteiger partial charge in [-0.3, -0.25) is 4.79 Å². The molecule has 0 spiro atoms. The van der Waals surface area contributed by atoms with Gasteiger partial charge in [0.1, 0.15) is 11.4 Å². The Morgan fingerprint density at radius 3 is 2.38 bits per heavy atom. The highest BCUT2D eigenvalue weighted by Gasteiger charge is 2.37. The van der Waals surface area contributed by atoms with E-state index in [0.29, 0.717) is 33.3 Å². The Labute approximate surface area is 171 Å². The average Bonchev–Trinajstić information content (AvgIpc) is 3.18. The monoisotopic (exact) mass is 411 g/mol. The zero-order valence-electron chi connectivity index (χ0n) is 17.6. The van der Waals surface area contributed by atoms with Crippen LogP contribution in [0.1, 0.15) is 53.4 Å². The number of ketones is 1. The molecular formula is C23H25NO4S. The van der Waals surface area contributed by atoms with E-state index in [-0.39, 0.29) is 11.4 Å². The number of hydrogen-bond donors (Lipinski definition) is 0. The summed E-state index contributed by atoms with van der Waals surface area (Å²) in [6.07, 6.45) is 2.10. The van der Waals surface area contributed by atoms with Crippen molar-refractivity contribution in [3.8, 4) is 5.75 Å². The van der Waals surface area contributed by atoms with Crippen molar-refractivity contribution in [3.63, 3.8) is 0 Å². The van der Waals surface area contributed by atoms with Gasteiger partial charge in [-0.2, -0.15) is 0 Å². The molecule has 152 valence electrons. The number of fused-ring (bicyclic) bond motifs is 2. The van der Waals surface area contributed by atoms with Gasteiger partial charge in [0, 0.05) is 29.1 Å². The van der Waals surface area contributed by atoms with Gasteiger partial charge >= 0.3 is 0 Å². The predicted octanol–water partition coefficient (Wildman–Crippen LogP) is 4.72. The Morgan fingerprint density at radius 2 is 1.72 bits per heavy atom. The van der Waals surface area contributed by atoms with Gasteiger partial charge in [0.05, 0.1) is 10.4 Å². The van der Waals surface area contributed by atoms with Gasteiger partial charge in [-0.1, -0.05) is 18.2 Å². The number of benzene rings is 2. The van der Waals surface area contributed by atoms with Gasteiger partial charge in [-0.15, -0.1) is 0 Å². The third kappa shape index (κ3) is 2.81. The minimum atomic E-state index is -3.91. The van der Waals surface area contributed by atoms with Gasteiger partial charge in [-0.25, -0.2) is 12.4 Å². The number of nitrogens with zero attached hydrogens (tertiary/aromatic N) is 1. The number of hydrogen-bond acceptors (Lipinski definition) is 4. The molecule has 4 rings (SSSR count). The highest BCUT2D eigenvalue weighted by atomic mass is 32.2. The second kappa shape index (κ2) is 6.20. The van der Waals surface area contributed by atoms with Crippen LogP contribution in [0.15, 0.2) is 35.4 Å². The van der Waals surface area contributed by atoms with Crippen LogP contribution in [0.25, 0.3) is 10.9 Å². The first-order chi connectivity index (χ1) is 13.5. The molecule has 0 radical (unpaired) electrons. The van der Waals surface area contributed by atoms with Gasteiger partial charge < -0.3 is 4.74 Å². The fourth-order valence-electron chi connectivity index (χ4n) is 4.36. The highest BCUT2D eigenvalue weighted by molar-refractivity contribution is 7.90. The molecule has 0 saturated carbocycles. The summed E-state index contributed by atoms with van der Waals surface area (Å²) in [4.78, 5) is 12.4. The van der Waals surface area contributed by atoms with Crippen molar-refractivity contribution in [1.82, 2.24) is 3.97 Å². The van der Waals surface area contributed by atoms with Crippen molar-refractivity contribution in [2.24, 2.45) is 0 Å². The molecule has 6 heteroatoms. The molecule has 29 heavy (non-hydrogen) atoms. The van der Waals surface area contributed by atoms with Crippen LogP contribution in [0, 0.1) is 20.8 Å². The second-order valence-electron chi connectivity index (χ2n) is 8.47. The Kier molecular flexibility index (Phi) is 4.21. The van der Waals surface area contributed by atoms with Crippen LogP contribution in [0.2, 0.25) is 0 Å². The molecule has 5 nitrogen and oxygen atoms in total. The van der Waals surface area contributed by atoms with Crippen LogP contribution >= 0.6 is 0 Å². The molecule has 1 aliphatic heterocycles. The summed E-state index contributed by atoms with van der Waals surface area (Å²) in [6.45, 7) is 11.0. The fraction of sp³-hybridized carbons (Fsp3) is 0.348. The maximum absolute atomic E-state index is 13.8. The highest BCUT2D eigenvalue weighted by Crippen LogP contribution is 2.44. The first-order valence-corrected chi connectivity index (χ1v) is 11.1. The Balaban J connectivity index is 2.04. The van der Waals surface area contributed by atoms with Gasteiger partial charge in [0.2, 0.25) is 0 Å². The van der Waals surface area contributed by atoms with E-state index in [9.17, 15) is 13.2 Å². The van der Waals surface area contributed by atoms with Crippen molar-refractivity contribution < 1.29 is 17.9 Å². The standard InChI is InChI=1S/C23H25NO4S/c1-13-14(2)22(15(3)18-11-23(5,6)28-21(13)18)29(26,27)24-12-19(16(4)25)17-9-7-8-10-20(17)24/h7-10,12H,11H2,1-6H3. The Hall–Kier alpha value is -2.60. The van der Waals surface area contributed by atoms with E-state index in [1.807, 2.05) is 34.6 Å². The maximum atomic E-state index is 13.8. The quantitative estimate of drug-likeness (QED) is 0.585. The summed E-state index contributed by atoms with van der Waals surface area (Å²) in [6, 6.07) is 7.10. The summed E-state index contributed by atoms with van der Waals surface area (Å²) in [5.74, 6) is 0.634. The summed E-state index contributed by atoms with van der Waals surface area (Å²) < 4.78 is 35.1. The molecule has 0 fully saturated rings. The summed E-state index contributed by atoms with van der Waals surface area (Å²) in [5, 5.41) is 0.640. The number of rotatable bonds is 3. The third-order valence-electron chi connectivity index (χ3n) is 5.87. The van der Waals surface area contributed by atoms with Crippen molar-refractivity contribution in [2.75, 3.05) is 0 Å². The van der Waals surface area contributed by atoms with E-state index < -0.39 is 10.0 Å². The van der Waals surface area contributed by atoms with Crippen LogP contribution in [0.4, 0.5) is 0 Å². The summed E-state index contributed by atoms with van der Waals surface area (Å²) >= 11 is 0. The molecule has 0 N–H and O–H groups in total. The van der Waals surface area contributed by atoms with Crippen molar-refractivity contribution >= 4 is 26.7 Å². The first kappa shape index (κ1) is 19.7. The molecular weight excluding hydrogens is 386 g/mol. The topological polar surface area (TPSA) is 65.4 Å². The lowest BCUT2D eigenvalue weighted by atomic mass is 9.94. The largest absolute Gasteiger partial charge is 0.487 e. The normalized spacial score (nSPS) is 15.4. The van der Waals surface area contributed by atoms with Crippen molar-refractivity contribution in [1.29, 1.82) is 0 Å². The number of carbonyl (C=O) groups is 1. The minimum absolute atomic E-state index is 0.163. The number of para-hydroxylation sites is 1. The smallest absolute Gasteiger partial charge is 0.268 e. The maximum Gasteiger partial charge on any atom is 0.268 e. The fourth-order valence-corrected chi connectivity index (χ4v) is 6.27. The van der Waals surface area contributed by atoms with E-state index >= 15 is 0 Å². The second-order valence-corrected chi connectivity index (χ2v) is 10.2. The molecule has 0 bridgehead atoms. The molecule has 3 aromatic rings. The van der Waals surface area contributed by atoms with Gasteiger partial charge in [0.15, 0.2) is 5.78 Å². The zero-order chi connectivity index (χ0) is 21.3. The molecule has 2 heterocycles. The SMILES string of the molecule is CC(=O)c1cn(S(=O)(=O)c2c(C)c(C)c3c(c2C)CC(C)(C)O3)c2ccccc12. The first-order valence-electron chi connectivity index (χ1n) is 9.64. The zero-order valence-corrected chi connectivity index (χ0v) is 18.4. The number of ether oxygens (including phenoxy) is 1. The van der Waals surface area contributed by atoms with Crippen LogP contribution < -0.4 is 4.74 Å². The lowest BCUT2D eigenvalue weighted by molar-refractivity contribution is 0.101. The van der Waals surface area contributed by atoms with Gasteiger partial charge in [0.25, 0.3) is 10.0 Å². The van der Waals surface area contributed by atoms with Gasteiger partial charge in [-0.05, 0) is 64.3 Å². The predicted molar refractivity (Wildman–Crippen MR) is 114 cm³/mol.